The third kappa shape index (κ3) is 6.48. The Morgan fingerprint density at radius 3 is 2.21 bits per heavy atom. The summed E-state index contributed by atoms with van der Waals surface area (Å²) in [5.41, 5.74) is 4.25. The molecule has 0 aliphatic heterocycles. The maximum absolute atomic E-state index is 12.7. The molecule has 7 heteroatoms. The molecule has 0 bridgehead atoms. The van der Waals surface area contributed by atoms with E-state index in [2.05, 4.69) is 18.7 Å². The Labute approximate surface area is 211 Å². The fourth-order valence-corrected chi connectivity index (χ4v) is 5.28. The van der Waals surface area contributed by atoms with E-state index in [0.717, 1.165) is 23.8 Å². The van der Waals surface area contributed by atoms with E-state index >= 15 is 0 Å². The van der Waals surface area contributed by atoms with Gasteiger partial charge in [0.25, 0.3) is 0 Å². The number of hydrogen-bond donors (Lipinski definition) is 0. The first-order valence-corrected chi connectivity index (χ1v) is 13.4. The Kier molecular flexibility index (Phi) is 8.20. The van der Waals surface area contributed by atoms with Crippen molar-refractivity contribution in [2.75, 3.05) is 6.26 Å². The lowest BCUT2D eigenvalue weighted by molar-refractivity contribution is -0.117. The molecule has 176 valence electrons. The molecule has 0 spiro atoms. The maximum Gasteiger partial charge on any atom is 0.191 e. The molecule has 3 aromatic rings. The van der Waals surface area contributed by atoms with Gasteiger partial charge in [-0.05, 0) is 64.9 Å². The van der Waals surface area contributed by atoms with Crippen LogP contribution in [0.5, 0.6) is 0 Å². The average Bonchev–Trinajstić information content (AvgIpc) is 2.73. The van der Waals surface area contributed by atoms with Gasteiger partial charge in [0, 0.05) is 24.7 Å². The topological polar surface area (TPSA) is 55.6 Å². The van der Waals surface area contributed by atoms with Crippen molar-refractivity contribution in [1.82, 2.24) is 0 Å². The van der Waals surface area contributed by atoms with E-state index in [1.807, 2.05) is 12.1 Å². The van der Waals surface area contributed by atoms with E-state index in [1.54, 1.807) is 30.3 Å². The zero-order chi connectivity index (χ0) is 25.0. The Hall–Kier alpha value is -2.65. The fourth-order valence-electron chi connectivity index (χ4n) is 3.84. The molecule has 0 saturated carbocycles. The first-order valence-electron chi connectivity index (χ1n) is 10.8. The number of rotatable bonds is 8. The van der Waals surface area contributed by atoms with E-state index in [-0.39, 0.29) is 23.5 Å². The van der Waals surface area contributed by atoms with Crippen LogP contribution in [0.25, 0.3) is 16.0 Å². The molecule has 0 radical (unpaired) electrons. The van der Waals surface area contributed by atoms with Gasteiger partial charge in [0.15, 0.2) is 15.5 Å². The molecule has 3 aromatic carbocycles. The Bertz CT molecular complexity index is 1370. The van der Waals surface area contributed by atoms with Crippen LogP contribution >= 0.6 is 23.2 Å². The third-order valence-corrected chi connectivity index (χ3v) is 7.06. The smallest absolute Gasteiger partial charge is 0.191 e. The molecule has 0 saturated heterocycles. The number of ketones is 1. The molecular formula is C27H25Cl2NO3S. The van der Waals surface area contributed by atoms with E-state index in [9.17, 15) is 13.2 Å². The molecule has 0 N–H and O–H groups in total. The molecule has 0 amide bonds. The van der Waals surface area contributed by atoms with Crippen molar-refractivity contribution in [1.29, 1.82) is 0 Å². The molecule has 0 aromatic heterocycles. The van der Waals surface area contributed by atoms with Crippen molar-refractivity contribution in [3.05, 3.63) is 92.8 Å². The van der Waals surface area contributed by atoms with Gasteiger partial charge < -0.3 is 0 Å². The molecule has 0 heterocycles. The SMILES string of the molecule is [C-]#[N+]c1cc(-c2c(Cl)cc(CC(=O)Cc3cccc(S(C)(=O)=O)c3)cc2Cl)ccc1CC(C)C. The summed E-state index contributed by atoms with van der Waals surface area (Å²) in [6.45, 7) is 11.8. The molecular weight excluding hydrogens is 489 g/mol. The average molecular weight is 514 g/mol. The lowest BCUT2D eigenvalue weighted by Crippen LogP contribution is -2.08. The van der Waals surface area contributed by atoms with Crippen LogP contribution in [0.1, 0.15) is 30.5 Å². The van der Waals surface area contributed by atoms with Gasteiger partial charge in [-0.1, -0.05) is 61.3 Å². The van der Waals surface area contributed by atoms with Gasteiger partial charge in [0.05, 0.1) is 21.5 Å². The van der Waals surface area contributed by atoms with E-state index < -0.39 is 9.84 Å². The van der Waals surface area contributed by atoms with Crippen LogP contribution in [0.15, 0.2) is 59.5 Å². The van der Waals surface area contributed by atoms with E-state index in [1.165, 1.54) is 12.1 Å². The highest BCUT2D eigenvalue weighted by atomic mass is 35.5. The summed E-state index contributed by atoms with van der Waals surface area (Å²) in [6, 6.07) is 15.5. The van der Waals surface area contributed by atoms with Gasteiger partial charge in [-0.3, -0.25) is 4.79 Å². The second kappa shape index (κ2) is 10.7. The number of hydrogen-bond acceptors (Lipinski definition) is 3. The van der Waals surface area contributed by atoms with Crippen LogP contribution in [0.3, 0.4) is 0 Å². The summed E-state index contributed by atoms with van der Waals surface area (Å²) in [6.07, 6.45) is 2.17. The van der Waals surface area contributed by atoms with Crippen LogP contribution in [0.2, 0.25) is 10.0 Å². The first kappa shape index (κ1) is 26.0. The van der Waals surface area contributed by atoms with Gasteiger partial charge in [0.1, 0.15) is 5.78 Å². The van der Waals surface area contributed by atoms with Crippen molar-refractivity contribution >= 4 is 44.5 Å². The molecule has 0 fully saturated rings. The van der Waals surface area contributed by atoms with Crippen LogP contribution in [-0.4, -0.2) is 20.5 Å². The number of halogens is 2. The standard InChI is InChI=1S/C27H25Cl2NO3S/c1-17(2)10-20-8-9-21(16-26(20)30-3)27-24(28)14-19(15-25(27)29)12-22(31)11-18-6-5-7-23(13-18)34(4,32)33/h5-9,13-17H,10-12H2,1-2,4H3. The molecule has 3 rings (SSSR count). The zero-order valence-electron chi connectivity index (χ0n) is 19.2. The summed E-state index contributed by atoms with van der Waals surface area (Å²) in [5.74, 6) is 0.350. The highest BCUT2D eigenvalue weighted by molar-refractivity contribution is 7.90. The normalized spacial score (nSPS) is 11.4. The van der Waals surface area contributed by atoms with Crippen molar-refractivity contribution in [2.45, 2.75) is 38.0 Å². The molecule has 4 nitrogen and oxygen atoms in total. The number of carbonyl (C=O) groups excluding carboxylic acids is 1. The van der Waals surface area contributed by atoms with Crippen LogP contribution < -0.4 is 0 Å². The van der Waals surface area contributed by atoms with E-state index in [0.29, 0.717) is 38.3 Å². The molecule has 0 atom stereocenters. The van der Waals surface area contributed by atoms with Crippen molar-refractivity contribution in [2.24, 2.45) is 5.92 Å². The Morgan fingerprint density at radius 2 is 1.62 bits per heavy atom. The second-order valence-electron chi connectivity index (χ2n) is 8.80. The molecule has 34 heavy (non-hydrogen) atoms. The second-order valence-corrected chi connectivity index (χ2v) is 11.6. The van der Waals surface area contributed by atoms with Crippen molar-refractivity contribution in [3.63, 3.8) is 0 Å². The maximum atomic E-state index is 12.7. The number of Topliss-reactive ketones (excluding diaryl/α,β-unsaturated/α-hetero) is 1. The van der Waals surface area contributed by atoms with Crippen molar-refractivity contribution in [3.8, 4) is 11.1 Å². The van der Waals surface area contributed by atoms with Crippen LogP contribution in [-0.2, 0) is 33.9 Å². The zero-order valence-corrected chi connectivity index (χ0v) is 21.6. The number of carbonyl (C=O) groups is 1. The summed E-state index contributed by atoms with van der Waals surface area (Å²) in [4.78, 5) is 16.5. The van der Waals surface area contributed by atoms with Crippen LogP contribution in [0.4, 0.5) is 5.69 Å². The van der Waals surface area contributed by atoms with Crippen LogP contribution in [0, 0.1) is 12.5 Å². The highest BCUT2D eigenvalue weighted by Crippen LogP contribution is 2.38. The predicted octanol–water partition coefficient (Wildman–Crippen LogP) is 7.17. The lowest BCUT2D eigenvalue weighted by Gasteiger charge is -2.13. The molecule has 0 unspecified atom stereocenters. The summed E-state index contributed by atoms with van der Waals surface area (Å²) >= 11 is 13.1. The van der Waals surface area contributed by atoms with Crippen molar-refractivity contribution < 1.29 is 13.2 Å². The summed E-state index contributed by atoms with van der Waals surface area (Å²) in [7, 11) is -3.34. The van der Waals surface area contributed by atoms with E-state index in [4.69, 9.17) is 29.8 Å². The molecule has 0 aliphatic rings. The highest BCUT2D eigenvalue weighted by Gasteiger charge is 2.16. The minimum absolute atomic E-state index is 0.0844. The Balaban J connectivity index is 1.82. The number of nitrogens with zero attached hydrogens (tertiary/aromatic N) is 1. The summed E-state index contributed by atoms with van der Waals surface area (Å²) in [5, 5.41) is 0.809. The summed E-state index contributed by atoms with van der Waals surface area (Å²) < 4.78 is 23.5. The number of sulfone groups is 1. The third-order valence-electron chi connectivity index (χ3n) is 5.35. The monoisotopic (exact) mass is 513 g/mol. The largest absolute Gasteiger partial charge is 0.299 e. The van der Waals surface area contributed by atoms with Gasteiger partial charge in [-0.2, -0.15) is 0 Å². The first-order chi connectivity index (χ1) is 16.0. The van der Waals surface area contributed by atoms with Gasteiger partial charge in [-0.15, -0.1) is 0 Å². The quantitative estimate of drug-likeness (QED) is 0.300. The van der Waals surface area contributed by atoms with Gasteiger partial charge in [-0.25, -0.2) is 13.3 Å². The fraction of sp³-hybridized carbons (Fsp3) is 0.259. The Morgan fingerprint density at radius 1 is 0.971 bits per heavy atom. The van der Waals surface area contributed by atoms with Gasteiger partial charge in [0.2, 0.25) is 0 Å². The predicted molar refractivity (Wildman–Crippen MR) is 139 cm³/mol. The minimum atomic E-state index is -3.34. The minimum Gasteiger partial charge on any atom is -0.299 e. The lowest BCUT2D eigenvalue weighted by atomic mass is 9.96. The number of benzene rings is 3. The van der Waals surface area contributed by atoms with Gasteiger partial charge >= 0.3 is 0 Å². The molecule has 0 aliphatic carbocycles.